The second-order valence-electron chi connectivity index (χ2n) is 4.91. The molecule has 0 bridgehead atoms. The van der Waals surface area contributed by atoms with E-state index in [1.54, 1.807) is 0 Å². The predicted molar refractivity (Wildman–Crippen MR) is 93.4 cm³/mol. The molecule has 2 rings (SSSR count). The van der Waals surface area contributed by atoms with Crippen LogP contribution in [0.1, 0.15) is 28.3 Å². The zero-order chi connectivity index (χ0) is 14.0. The molecule has 0 spiro atoms. The highest BCUT2D eigenvalue weighted by atomic mass is 127. The van der Waals surface area contributed by atoms with E-state index in [-0.39, 0.29) is 6.04 Å². The Balaban J connectivity index is 2.20. The summed E-state index contributed by atoms with van der Waals surface area (Å²) in [5.74, 6) is 0. The zero-order valence-electron chi connectivity index (χ0n) is 11.1. The minimum Gasteiger partial charge on any atom is -0.324 e. The maximum absolute atomic E-state index is 6.34. The first-order chi connectivity index (χ1) is 8.97. The van der Waals surface area contributed by atoms with Gasteiger partial charge >= 0.3 is 0 Å². The molecule has 0 amide bonds. The van der Waals surface area contributed by atoms with Gasteiger partial charge in [-0.3, -0.25) is 0 Å². The molecule has 0 aliphatic carbocycles. The van der Waals surface area contributed by atoms with Crippen molar-refractivity contribution in [1.29, 1.82) is 0 Å². The topological polar surface area (TPSA) is 26.0 Å². The van der Waals surface area contributed by atoms with Crippen LogP contribution in [0.3, 0.4) is 0 Å². The lowest BCUT2D eigenvalue weighted by Gasteiger charge is -2.15. The van der Waals surface area contributed by atoms with Crippen LogP contribution in [-0.4, -0.2) is 0 Å². The lowest BCUT2D eigenvalue weighted by atomic mass is 9.97. The normalized spacial score (nSPS) is 12.5. The number of benzene rings is 2. The van der Waals surface area contributed by atoms with Crippen molar-refractivity contribution in [2.75, 3.05) is 0 Å². The quantitative estimate of drug-likeness (QED) is 0.689. The lowest BCUT2D eigenvalue weighted by molar-refractivity contribution is 0.720. The highest BCUT2D eigenvalue weighted by molar-refractivity contribution is 14.1. The molecule has 1 unspecified atom stereocenters. The fourth-order valence-corrected chi connectivity index (χ4v) is 2.77. The van der Waals surface area contributed by atoms with Crippen molar-refractivity contribution < 1.29 is 0 Å². The molecule has 0 aliphatic rings. The third-order valence-electron chi connectivity index (χ3n) is 3.26. The minimum absolute atomic E-state index is 0.0468. The SMILES string of the molecule is Cc1cc(C(N)Cc2ccc(I)cc2)cc(C)c1Br. The first-order valence-electron chi connectivity index (χ1n) is 6.24. The molecule has 1 nitrogen and oxygen atoms in total. The van der Waals surface area contributed by atoms with E-state index in [9.17, 15) is 0 Å². The zero-order valence-corrected chi connectivity index (χ0v) is 14.8. The maximum atomic E-state index is 6.34. The molecule has 0 heterocycles. The number of aryl methyl sites for hydroxylation is 2. The maximum Gasteiger partial charge on any atom is 0.0335 e. The fraction of sp³-hybridized carbons (Fsp3) is 0.250. The van der Waals surface area contributed by atoms with Gasteiger partial charge in [-0.1, -0.05) is 40.2 Å². The summed E-state index contributed by atoms with van der Waals surface area (Å²) < 4.78 is 2.43. The van der Waals surface area contributed by atoms with Gasteiger partial charge < -0.3 is 5.73 Å². The van der Waals surface area contributed by atoms with Crippen molar-refractivity contribution in [2.24, 2.45) is 5.73 Å². The van der Waals surface area contributed by atoms with E-state index in [0.717, 1.165) is 6.42 Å². The average Bonchev–Trinajstić information content (AvgIpc) is 2.38. The number of nitrogens with two attached hydrogens (primary N) is 1. The van der Waals surface area contributed by atoms with Gasteiger partial charge in [-0.05, 0) is 77.2 Å². The van der Waals surface area contributed by atoms with Crippen LogP contribution in [0.5, 0.6) is 0 Å². The van der Waals surface area contributed by atoms with Gasteiger partial charge in [0.05, 0.1) is 0 Å². The van der Waals surface area contributed by atoms with E-state index in [1.807, 2.05) is 0 Å². The summed E-state index contributed by atoms with van der Waals surface area (Å²) in [6.45, 7) is 4.22. The molecule has 19 heavy (non-hydrogen) atoms. The Morgan fingerprint density at radius 2 is 1.63 bits per heavy atom. The molecule has 0 fully saturated rings. The molecule has 0 radical (unpaired) electrons. The van der Waals surface area contributed by atoms with E-state index in [1.165, 1.54) is 30.3 Å². The summed E-state index contributed by atoms with van der Waals surface area (Å²) in [6.07, 6.45) is 0.872. The van der Waals surface area contributed by atoms with Crippen LogP contribution in [0.25, 0.3) is 0 Å². The van der Waals surface area contributed by atoms with Crippen LogP contribution in [-0.2, 0) is 6.42 Å². The van der Waals surface area contributed by atoms with Gasteiger partial charge in [0.2, 0.25) is 0 Å². The molecule has 100 valence electrons. The summed E-state index contributed by atoms with van der Waals surface area (Å²) in [5, 5.41) is 0. The van der Waals surface area contributed by atoms with E-state index in [0.29, 0.717) is 0 Å². The number of halogens is 2. The van der Waals surface area contributed by atoms with Crippen molar-refractivity contribution >= 4 is 38.5 Å². The van der Waals surface area contributed by atoms with E-state index >= 15 is 0 Å². The van der Waals surface area contributed by atoms with Gasteiger partial charge in [-0.25, -0.2) is 0 Å². The second kappa shape index (κ2) is 6.37. The third kappa shape index (κ3) is 3.80. The Bertz CT molecular complexity index is 555. The van der Waals surface area contributed by atoms with Crippen LogP contribution >= 0.6 is 38.5 Å². The molecule has 1 atom stereocenters. The van der Waals surface area contributed by atoms with Crippen LogP contribution in [0.15, 0.2) is 40.9 Å². The number of hydrogen-bond donors (Lipinski definition) is 1. The second-order valence-corrected chi connectivity index (χ2v) is 6.94. The molecular formula is C16H17BrIN. The van der Waals surface area contributed by atoms with Gasteiger partial charge in [-0.2, -0.15) is 0 Å². The van der Waals surface area contributed by atoms with E-state index in [2.05, 4.69) is 88.8 Å². The van der Waals surface area contributed by atoms with E-state index < -0.39 is 0 Å². The molecule has 2 aromatic rings. The monoisotopic (exact) mass is 429 g/mol. The van der Waals surface area contributed by atoms with Crippen LogP contribution in [0.4, 0.5) is 0 Å². The summed E-state index contributed by atoms with van der Waals surface area (Å²) in [6, 6.07) is 13.0. The lowest BCUT2D eigenvalue weighted by Crippen LogP contribution is -2.14. The van der Waals surface area contributed by atoms with E-state index in [4.69, 9.17) is 5.73 Å². The van der Waals surface area contributed by atoms with Crippen LogP contribution < -0.4 is 5.73 Å². The summed E-state index contributed by atoms with van der Waals surface area (Å²) in [5.41, 5.74) is 11.3. The Hall–Kier alpha value is -0.390. The first-order valence-corrected chi connectivity index (χ1v) is 8.11. The van der Waals surface area contributed by atoms with Crippen molar-refractivity contribution in [3.05, 3.63) is 66.7 Å². The largest absolute Gasteiger partial charge is 0.324 e. The Labute approximate surface area is 136 Å². The van der Waals surface area contributed by atoms with Crippen molar-refractivity contribution in [2.45, 2.75) is 26.3 Å². The van der Waals surface area contributed by atoms with Gasteiger partial charge in [0.15, 0.2) is 0 Å². The highest BCUT2D eigenvalue weighted by Crippen LogP contribution is 2.26. The van der Waals surface area contributed by atoms with Gasteiger partial charge in [-0.15, -0.1) is 0 Å². The van der Waals surface area contributed by atoms with Crippen molar-refractivity contribution in [3.63, 3.8) is 0 Å². The minimum atomic E-state index is 0.0468. The Morgan fingerprint density at radius 1 is 1.11 bits per heavy atom. The third-order valence-corrected chi connectivity index (χ3v) is 5.23. The number of hydrogen-bond acceptors (Lipinski definition) is 1. The smallest absolute Gasteiger partial charge is 0.0335 e. The standard InChI is InChI=1S/C16H17BrIN/c1-10-7-13(8-11(2)16(10)17)15(19)9-12-3-5-14(18)6-4-12/h3-8,15H,9,19H2,1-2H3. The molecule has 3 heteroatoms. The molecule has 0 aromatic heterocycles. The molecule has 0 saturated heterocycles. The number of rotatable bonds is 3. The molecular weight excluding hydrogens is 413 g/mol. The van der Waals surface area contributed by atoms with Crippen LogP contribution in [0, 0.1) is 17.4 Å². The van der Waals surface area contributed by atoms with Gasteiger partial charge in [0.25, 0.3) is 0 Å². The highest BCUT2D eigenvalue weighted by Gasteiger charge is 2.10. The van der Waals surface area contributed by atoms with Gasteiger partial charge in [0.1, 0.15) is 0 Å². The summed E-state index contributed by atoms with van der Waals surface area (Å²) in [7, 11) is 0. The van der Waals surface area contributed by atoms with Crippen LogP contribution in [0.2, 0.25) is 0 Å². The fourth-order valence-electron chi connectivity index (χ4n) is 2.19. The predicted octanol–water partition coefficient (Wildman–Crippen LogP) is 4.91. The summed E-state index contributed by atoms with van der Waals surface area (Å²) in [4.78, 5) is 0. The van der Waals surface area contributed by atoms with Gasteiger partial charge in [0, 0.05) is 14.1 Å². The van der Waals surface area contributed by atoms with Crippen molar-refractivity contribution in [3.8, 4) is 0 Å². The molecule has 2 aromatic carbocycles. The Kier molecular flexibility index (Phi) is 5.03. The molecule has 0 aliphatic heterocycles. The summed E-state index contributed by atoms with van der Waals surface area (Å²) >= 11 is 5.91. The Morgan fingerprint density at radius 3 is 2.16 bits per heavy atom. The molecule has 0 saturated carbocycles. The average molecular weight is 430 g/mol. The van der Waals surface area contributed by atoms with Crippen molar-refractivity contribution in [1.82, 2.24) is 0 Å². The molecule has 2 N–H and O–H groups in total. The first kappa shape index (κ1) is 15.0.